The van der Waals surface area contributed by atoms with Crippen LogP contribution in [0.2, 0.25) is 0 Å². The summed E-state index contributed by atoms with van der Waals surface area (Å²) in [5, 5.41) is 0. The van der Waals surface area contributed by atoms with Crippen LogP contribution in [0.25, 0.3) is 0 Å². The lowest BCUT2D eigenvalue weighted by Gasteiger charge is -2.36. The van der Waals surface area contributed by atoms with Crippen LogP contribution in [0.4, 0.5) is 15.0 Å². The Bertz CT molecular complexity index is 480. The third-order valence-electron chi connectivity index (χ3n) is 2.96. The normalized spacial score (nSPS) is 16.2. The van der Waals surface area contributed by atoms with Crippen molar-refractivity contribution in [1.82, 2.24) is 9.88 Å². The molecule has 0 radical (unpaired) electrons. The first kappa shape index (κ1) is 14.6. The number of amides is 1. The maximum atomic E-state index is 13.2. The number of carbonyl (C=O) groups is 1. The van der Waals surface area contributed by atoms with Gasteiger partial charge in [0.2, 0.25) is 0 Å². The summed E-state index contributed by atoms with van der Waals surface area (Å²) in [6.45, 7) is 7.87. The van der Waals surface area contributed by atoms with Crippen molar-refractivity contribution in [2.45, 2.75) is 26.4 Å². The highest BCUT2D eigenvalue weighted by Gasteiger charge is 2.26. The molecule has 2 rings (SSSR count). The molecule has 0 spiro atoms. The van der Waals surface area contributed by atoms with E-state index in [0.29, 0.717) is 32.0 Å². The van der Waals surface area contributed by atoms with Gasteiger partial charge in [-0.05, 0) is 26.8 Å². The standard InChI is InChI=1S/C14H20FN3O2/c1-14(2,3)20-13(19)18-8-6-17(7-9-18)12-10-11(15)4-5-16-12/h4-5,10H,6-9H2,1-3H3. The van der Waals surface area contributed by atoms with Gasteiger partial charge in [-0.25, -0.2) is 14.2 Å². The molecular weight excluding hydrogens is 261 g/mol. The van der Waals surface area contributed by atoms with E-state index in [0.717, 1.165) is 0 Å². The molecule has 1 aliphatic heterocycles. The number of rotatable bonds is 1. The second-order valence-electron chi connectivity index (χ2n) is 5.79. The van der Waals surface area contributed by atoms with Crippen molar-refractivity contribution in [2.75, 3.05) is 31.1 Å². The first-order chi connectivity index (χ1) is 9.35. The van der Waals surface area contributed by atoms with E-state index in [9.17, 15) is 9.18 Å². The Morgan fingerprint density at radius 2 is 1.95 bits per heavy atom. The number of hydrogen-bond acceptors (Lipinski definition) is 4. The smallest absolute Gasteiger partial charge is 0.410 e. The Morgan fingerprint density at radius 3 is 2.50 bits per heavy atom. The summed E-state index contributed by atoms with van der Waals surface area (Å²) in [5.74, 6) is 0.304. The molecule has 0 unspecified atom stereocenters. The number of carbonyl (C=O) groups excluding carboxylic acids is 1. The molecule has 5 nitrogen and oxygen atoms in total. The first-order valence-electron chi connectivity index (χ1n) is 6.69. The van der Waals surface area contributed by atoms with E-state index in [2.05, 4.69) is 4.98 Å². The Hall–Kier alpha value is -1.85. The topological polar surface area (TPSA) is 45.7 Å². The minimum absolute atomic E-state index is 0.301. The molecular formula is C14H20FN3O2. The van der Waals surface area contributed by atoms with E-state index < -0.39 is 5.60 Å². The number of halogens is 1. The molecule has 20 heavy (non-hydrogen) atoms. The molecule has 1 aromatic heterocycles. The van der Waals surface area contributed by atoms with Crippen molar-refractivity contribution in [3.8, 4) is 0 Å². The van der Waals surface area contributed by atoms with Gasteiger partial charge in [0.05, 0.1) is 0 Å². The minimum atomic E-state index is -0.488. The average molecular weight is 281 g/mol. The monoisotopic (exact) mass is 281 g/mol. The number of anilines is 1. The molecule has 6 heteroatoms. The van der Waals surface area contributed by atoms with Crippen molar-refractivity contribution in [1.29, 1.82) is 0 Å². The number of nitrogens with zero attached hydrogens (tertiary/aromatic N) is 3. The van der Waals surface area contributed by atoms with E-state index in [4.69, 9.17) is 4.74 Å². The third kappa shape index (κ3) is 3.82. The summed E-state index contributed by atoms with van der Waals surface area (Å²) in [5.41, 5.74) is -0.488. The first-order valence-corrected chi connectivity index (χ1v) is 6.69. The molecule has 2 heterocycles. The molecule has 0 bridgehead atoms. The number of pyridine rings is 1. The Balaban J connectivity index is 1.91. The summed E-state index contributed by atoms with van der Waals surface area (Å²) in [6.07, 6.45) is 1.15. The second-order valence-corrected chi connectivity index (χ2v) is 5.79. The number of ether oxygens (including phenoxy) is 1. The summed E-state index contributed by atoms with van der Waals surface area (Å²) in [7, 11) is 0. The lowest BCUT2D eigenvalue weighted by molar-refractivity contribution is 0.0240. The quantitative estimate of drug-likeness (QED) is 0.792. The van der Waals surface area contributed by atoms with Gasteiger partial charge in [0, 0.05) is 38.4 Å². The van der Waals surface area contributed by atoms with Gasteiger partial charge in [-0.2, -0.15) is 0 Å². The average Bonchev–Trinajstić information content (AvgIpc) is 2.37. The fourth-order valence-electron chi connectivity index (χ4n) is 2.01. The van der Waals surface area contributed by atoms with Gasteiger partial charge in [-0.3, -0.25) is 0 Å². The van der Waals surface area contributed by atoms with Crippen LogP contribution in [0.15, 0.2) is 18.3 Å². The van der Waals surface area contributed by atoms with E-state index in [-0.39, 0.29) is 11.9 Å². The highest BCUT2D eigenvalue weighted by molar-refractivity contribution is 5.68. The van der Waals surface area contributed by atoms with Crippen LogP contribution < -0.4 is 4.90 Å². The van der Waals surface area contributed by atoms with E-state index in [1.165, 1.54) is 18.3 Å². The molecule has 1 amide bonds. The SMILES string of the molecule is CC(C)(C)OC(=O)N1CCN(c2cc(F)ccn2)CC1. The maximum Gasteiger partial charge on any atom is 0.410 e. The second kappa shape index (κ2) is 5.64. The van der Waals surface area contributed by atoms with Gasteiger partial charge in [-0.1, -0.05) is 0 Å². The molecule has 0 saturated carbocycles. The fraction of sp³-hybridized carbons (Fsp3) is 0.571. The molecule has 0 N–H and O–H groups in total. The van der Waals surface area contributed by atoms with Gasteiger partial charge in [0.15, 0.2) is 0 Å². The van der Waals surface area contributed by atoms with Gasteiger partial charge in [0.1, 0.15) is 17.2 Å². The minimum Gasteiger partial charge on any atom is -0.444 e. The zero-order valence-electron chi connectivity index (χ0n) is 12.1. The number of piperazine rings is 1. The zero-order chi connectivity index (χ0) is 14.8. The Labute approximate surface area is 118 Å². The number of hydrogen-bond donors (Lipinski definition) is 0. The lowest BCUT2D eigenvalue weighted by Crippen LogP contribution is -2.50. The highest BCUT2D eigenvalue weighted by Crippen LogP contribution is 2.16. The summed E-state index contributed by atoms with van der Waals surface area (Å²) in [6, 6.07) is 2.73. The van der Waals surface area contributed by atoms with Crippen molar-refractivity contribution >= 4 is 11.9 Å². The summed E-state index contributed by atoms with van der Waals surface area (Å²) >= 11 is 0. The molecule has 1 fully saturated rings. The number of aromatic nitrogens is 1. The fourth-order valence-corrected chi connectivity index (χ4v) is 2.01. The zero-order valence-corrected chi connectivity index (χ0v) is 12.1. The molecule has 1 aliphatic rings. The van der Waals surface area contributed by atoms with Crippen molar-refractivity contribution in [3.05, 3.63) is 24.1 Å². The van der Waals surface area contributed by atoms with Crippen LogP contribution in [-0.2, 0) is 4.74 Å². The largest absolute Gasteiger partial charge is 0.444 e. The van der Waals surface area contributed by atoms with Gasteiger partial charge < -0.3 is 14.5 Å². The molecule has 0 atom stereocenters. The molecule has 110 valence electrons. The van der Waals surface area contributed by atoms with E-state index in [1.807, 2.05) is 25.7 Å². The lowest BCUT2D eigenvalue weighted by atomic mass is 10.2. The van der Waals surface area contributed by atoms with Crippen LogP contribution in [0.3, 0.4) is 0 Å². The van der Waals surface area contributed by atoms with Crippen molar-refractivity contribution in [2.24, 2.45) is 0 Å². The maximum absolute atomic E-state index is 13.2. The van der Waals surface area contributed by atoms with Gasteiger partial charge >= 0.3 is 6.09 Å². The molecule has 0 aromatic carbocycles. The van der Waals surface area contributed by atoms with Crippen LogP contribution in [-0.4, -0.2) is 47.8 Å². The predicted octanol–water partition coefficient (Wildman–Crippen LogP) is 2.28. The van der Waals surface area contributed by atoms with Crippen molar-refractivity contribution < 1.29 is 13.9 Å². The summed E-state index contributed by atoms with van der Waals surface area (Å²) in [4.78, 5) is 19.7. The van der Waals surface area contributed by atoms with Crippen LogP contribution in [0.1, 0.15) is 20.8 Å². The molecule has 0 aliphatic carbocycles. The van der Waals surface area contributed by atoms with Crippen LogP contribution in [0.5, 0.6) is 0 Å². The highest BCUT2D eigenvalue weighted by atomic mass is 19.1. The molecule has 1 saturated heterocycles. The van der Waals surface area contributed by atoms with Gasteiger partial charge in [-0.15, -0.1) is 0 Å². The molecule has 1 aromatic rings. The Kier molecular flexibility index (Phi) is 4.11. The van der Waals surface area contributed by atoms with E-state index >= 15 is 0 Å². The van der Waals surface area contributed by atoms with Crippen molar-refractivity contribution in [3.63, 3.8) is 0 Å². The summed E-state index contributed by atoms with van der Waals surface area (Å²) < 4.78 is 18.5. The Morgan fingerprint density at radius 1 is 1.30 bits per heavy atom. The van der Waals surface area contributed by atoms with E-state index in [1.54, 1.807) is 4.90 Å². The predicted molar refractivity (Wildman–Crippen MR) is 74.2 cm³/mol. The van der Waals surface area contributed by atoms with Gasteiger partial charge in [0.25, 0.3) is 0 Å². The van der Waals surface area contributed by atoms with Crippen LogP contribution >= 0.6 is 0 Å². The van der Waals surface area contributed by atoms with Crippen LogP contribution in [0, 0.1) is 5.82 Å². The third-order valence-corrected chi connectivity index (χ3v) is 2.96.